The van der Waals surface area contributed by atoms with Gasteiger partial charge in [0.25, 0.3) is 0 Å². The average molecular weight is 899 g/mol. The molecule has 0 atom stereocenters. The number of rotatable bonds is 42. The third-order valence-corrected chi connectivity index (χ3v) is 14.2. The number of sulfone groups is 1. The van der Waals surface area contributed by atoms with Gasteiger partial charge < -0.3 is 19.7 Å². The Morgan fingerprint density at radius 1 is 0.381 bits per heavy atom. The first kappa shape index (κ1) is 56.1. The molecule has 0 aliphatic carbocycles. The second-order valence-corrected chi connectivity index (χ2v) is 20.0. The van der Waals surface area contributed by atoms with E-state index in [1.807, 2.05) is 0 Å². The molecular formula is C54H90O8S. The molecule has 360 valence electrons. The fraction of sp³-hybridized carbons (Fsp3) is 0.741. The average Bonchev–Trinajstić information content (AvgIpc) is 3.28. The van der Waals surface area contributed by atoms with Crippen molar-refractivity contribution >= 4 is 21.8 Å². The van der Waals surface area contributed by atoms with Crippen molar-refractivity contribution in [1.29, 1.82) is 0 Å². The fourth-order valence-electron chi connectivity index (χ4n) is 8.33. The topological polar surface area (TPSA) is 127 Å². The lowest BCUT2D eigenvalue weighted by Gasteiger charge is -2.12. The summed E-state index contributed by atoms with van der Waals surface area (Å²) in [6, 6.07) is 6.94. The maximum Gasteiger partial charge on any atom is 0.338 e. The Hall–Kier alpha value is -3.07. The van der Waals surface area contributed by atoms with Crippen molar-refractivity contribution in [3.8, 4) is 11.5 Å². The van der Waals surface area contributed by atoms with Gasteiger partial charge >= 0.3 is 11.9 Å². The predicted octanol–water partition coefficient (Wildman–Crippen LogP) is 16.3. The molecule has 2 aromatic rings. The maximum absolute atomic E-state index is 13.7. The van der Waals surface area contributed by atoms with Gasteiger partial charge in [-0.15, -0.1) is 0 Å². The van der Waals surface area contributed by atoms with Gasteiger partial charge in [0.05, 0.1) is 24.3 Å². The van der Waals surface area contributed by atoms with Crippen LogP contribution in [-0.4, -0.2) is 43.8 Å². The van der Waals surface area contributed by atoms with E-state index in [0.29, 0.717) is 12.8 Å². The smallest absolute Gasteiger partial charge is 0.338 e. The van der Waals surface area contributed by atoms with Crippen molar-refractivity contribution in [3.05, 3.63) is 47.5 Å². The standard InChI is InChI=1S/C54H90O8S/c1-3-5-7-9-11-13-15-17-19-21-23-25-27-29-31-33-35-37-43-61-53(57)47-39-41-49(55)51(45-47)63(59,60)52-46-48(40-42-50(52)56)54(58)62-44-38-36-34-32-30-28-26-24-22-20-18-16-14-12-10-8-6-4-2/h39-42,45-46,55-56H,3-38,43-44H2,1-2H3. The van der Waals surface area contributed by atoms with Crippen LogP contribution in [0.4, 0.5) is 0 Å². The molecule has 0 aliphatic rings. The number of hydrogen-bond donors (Lipinski definition) is 2. The molecule has 0 saturated carbocycles. The van der Waals surface area contributed by atoms with Crippen LogP contribution in [0.15, 0.2) is 46.2 Å². The highest BCUT2D eigenvalue weighted by Crippen LogP contribution is 2.35. The predicted molar refractivity (Wildman–Crippen MR) is 260 cm³/mol. The van der Waals surface area contributed by atoms with Gasteiger partial charge in [-0.05, 0) is 49.2 Å². The summed E-state index contributed by atoms with van der Waals surface area (Å²) in [5.41, 5.74) is -0.0682. The highest BCUT2D eigenvalue weighted by Gasteiger charge is 2.28. The van der Waals surface area contributed by atoms with Crippen LogP contribution in [0.5, 0.6) is 11.5 Å². The van der Waals surface area contributed by atoms with Crippen LogP contribution >= 0.6 is 0 Å². The molecule has 0 radical (unpaired) electrons. The number of aromatic hydroxyl groups is 2. The van der Waals surface area contributed by atoms with Gasteiger partial charge in [0.15, 0.2) is 0 Å². The number of hydrogen-bond acceptors (Lipinski definition) is 8. The van der Waals surface area contributed by atoms with Crippen molar-refractivity contribution in [2.24, 2.45) is 0 Å². The highest BCUT2D eigenvalue weighted by atomic mass is 32.2. The molecule has 0 spiro atoms. The summed E-state index contributed by atoms with van der Waals surface area (Å²) in [4.78, 5) is 24.6. The molecule has 0 heterocycles. The first-order chi connectivity index (χ1) is 30.7. The van der Waals surface area contributed by atoms with Gasteiger partial charge in [0.2, 0.25) is 9.84 Å². The summed E-state index contributed by atoms with van der Waals surface area (Å²) in [5.74, 6) is -2.56. The van der Waals surface area contributed by atoms with Crippen molar-refractivity contribution in [2.75, 3.05) is 13.2 Å². The van der Waals surface area contributed by atoms with Crippen LogP contribution in [-0.2, 0) is 19.3 Å². The number of carbonyl (C=O) groups is 2. The lowest BCUT2D eigenvalue weighted by atomic mass is 10.0. The van der Waals surface area contributed by atoms with Gasteiger partial charge in [-0.3, -0.25) is 0 Å². The van der Waals surface area contributed by atoms with Gasteiger partial charge in [0.1, 0.15) is 21.3 Å². The van der Waals surface area contributed by atoms with Crippen LogP contribution in [0.2, 0.25) is 0 Å². The van der Waals surface area contributed by atoms with Crippen molar-refractivity contribution in [1.82, 2.24) is 0 Å². The van der Waals surface area contributed by atoms with E-state index >= 15 is 0 Å². The summed E-state index contributed by atoms with van der Waals surface area (Å²) in [5, 5.41) is 21.1. The van der Waals surface area contributed by atoms with Gasteiger partial charge in [-0.25, -0.2) is 18.0 Å². The third kappa shape index (κ3) is 26.5. The number of phenols is 2. The number of unbranched alkanes of at least 4 members (excludes halogenated alkanes) is 34. The Balaban J connectivity index is 1.61. The van der Waals surface area contributed by atoms with E-state index in [-0.39, 0.29) is 24.3 Å². The molecule has 9 heteroatoms. The summed E-state index contributed by atoms with van der Waals surface area (Å²) < 4.78 is 38.2. The molecule has 0 amide bonds. The molecule has 2 rings (SSSR count). The zero-order valence-corrected chi connectivity index (χ0v) is 40.9. The molecule has 63 heavy (non-hydrogen) atoms. The van der Waals surface area contributed by atoms with Crippen molar-refractivity contribution in [3.63, 3.8) is 0 Å². The Morgan fingerprint density at radius 3 is 0.841 bits per heavy atom. The molecule has 8 nitrogen and oxygen atoms in total. The minimum absolute atomic E-state index is 0.0341. The van der Waals surface area contributed by atoms with E-state index in [9.17, 15) is 28.2 Å². The number of phenolic OH excluding ortho intramolecular Hbond substituents is 2. The van der Waals surface area contributed by atoms with E-state index < -0.39 is 43.1 Å². The van der Waals surface area contributed by atoms with E-state index in [1.54, 1.807) is 0 Å². The van der Waals surface area contributed by atoms with Crippen LogP contribution in [0.3, 0.4) is 0 Å². The van der Waals surface area contributed by atoms with Gasteiger partial charge in [-0.2, -0.15) is 0 Å². The van der Waals surface area contributed by atoms with Crippen molar-refractivity contribution < 1.29 is 37.7 Å². The quantitative estimate of drug-likeness (QED) is 0.0498. The molecule has 2 N–H and O–H groups in total. The molecule has 0 aliphatic heterocycles. The number of esters is 2. The monoisotopic (exact) mass is 899 g/mol. The van der Waals surface area contributed by atoms with Crippen LogP contribution in [0.25, 0.3) is 0 Å². The molecule has 0 unspecified atom stereocenters. The molecule has 0 bridgehead atoms. The van der Waals surface area contributed by atoms with Gasteiger partial charge in [0, 0.05) is 0 Å². The lowest BCUT2D eigenvalue weighted by molar-refractivity contribution is 0.0488. The SMILES string of the molecule is CCCCCCCCCCCCCCCCCCCCOC(=O)c1ccc(O)c(S(=O)(=O)c2cc(C(=O)OCCCCCCCCCCCCCCCCCCCC)ccc2O)c1. The summed E-state index contributed by atoms with van der Waals surface area (Å²) >= 11 is 0. The van der Waals surface area contributed by atoms with E-state index in [1.165, 1.54) is 192 Å². The Bertz CT molecular complexity index is 1460. The lowest BCUT2D eigenvalue weighted by Crippen LogP contribution is -2.11. The molecule has 0 saturated heterocycles. The zero-order chi connectivity index (χ0) is 45.6. The first-order valence-electron chi connectivity index (χ1n) is 26.0. The minimum atomic E-state index is -4.54. The Kier molecular flexibility index (Phi) is 33.1. The third-order valence-electron chi connectivity index (χ3n) is 12.4. The second kappa shape index (κ2) is 37.2. The second-order valence-electron chi connectivity index (χ2n) is 18.2. The molecule has 0 aromatic heterocycles. The van der Waals surface area contributed by atoms with E-state index in [2.05, 4.69) is 13.8 Å². The first-order valence-corrected chi connectivity index (χ1v) is 27.5. The Labute approximate surface area is 385 Å². The highest BCUT2D eigenvalue weighted by molar-refractivity contribution is 7.91. The van der Waals surface area contributed by atoms with Crippen LogP contribution in [0, 0.1) is 0 Å². The minimum Gasteiger partial charge on any atom is -0.507 e. The summed E-state index contributed by atoms with van der Waals surface area (Å²) in [6.07, 6.45) is 45.6. The number of ether oxygens (including phenoxy) is 2. The fourth-order valence-corrected chi connectivity index (χ4v) is 9.82. The molecule has 2 aromatic carbocycles. The normalized spacial score (nSPS) is 11.6. The number of carbonyl (C=O) groups excluding carboxylic acids is 2. The molecular weight excluding hydrogens is 809 g/mol. The number of benzene rings is 2. The summed E-state index contributed by atoms with van der Waals surface area (Å²) in [7, 11) is -4.54. The van der Waals surface area contributed by atoms with Gasteiger partial charge in [-0.1, -0.05) is 232 Å². The van der Waals surface area contributed by atoms with E-state index in [0.717, 1.165) is 62.8 Å². The molecule has 0 fully saturated rings. The van der Waals surface area contributed by atoms with Crippen LogP contribution < -0.4 is 0 Å². The largest absolute Gasteiger partial charge is 0.507 e. The maximum atomic E-state index is 13.7. The summed E-state index contributed by atoms with van der Waals surface area (Å²) in [6.45, 7) is 4.96. The van der Waals surface area contributed by atoms with Crippen LogP contribution in [0.1, 0.15) is 266 Å². The van der Waals surface area contributed by atoms with E-state index in [4.69, 9.17) is 9.47 Å². The van der Waals surface area contributed by atoms with Crippen molar-refractivity contribution in [2.45, 2.75) is 255 Å². The Morgan fingerprint density at radius 2 is 0.603 bits per heavy atom. The zero-order valence-electron chi connectivity index (χ0n) is 40.1.